The first-order chi connectivity index (χ1) is 11.1. The molecule has 0 unspecified atom stereocenters. The number of nitrogens with one attached hydrogen (secondary N) is 1. The molecule has 1 amide bonds. The van der Waals surface area contributed by atoms with Crippen LogP contribution in [0.4, 0.5) is 5.69 Å². The second kappa shape index (κ2) is 7.91. The Morgan fingerprint density at radius 1 is 1.00 bits per heavy atom. The van der Waals surface area contributed by atoms with E-state index in [9.17, 15) is 4.79 Å². The Kier molecular flexibility index (Phi) is 5.91. The number of aromatic nitrogens is 1. The minimum absolute atomic E-state index is 0.0296. The summed E-state index contributed by atoms with van der Waals surface area (Å²) in [5, 5.41) is 3.13. The highest BCUT2D eigenvalue weighted by atomic mass is 16.1. The Labute approximate surface area is 139 Å². The van der Waals surface area contributed by atoms with Crippen LogP contribution in [0, 0.1) is 6.92 Å². The Bertz CT molecular complexity index is 670. The number of anilines is 1. The smallest absolute Gasteiger partial charge is 0.290 e. The number of para-hydroxylation sites is 1. The van der Waals surface area contributed by atoms with Crippen molar-refractivity contribution < 1.29 is 9.36 Å². The molecule has 0 aliphatic rings. The van der Waals surface area contributed by atoms with Crippen molar-refractivity contribution in [3.05, 3.63) is 58.9 Å². The number of carbonyl (C=O) groups excluding carboxylic acids is 1. The van der Waals surface area contributed by atoms with E-state index in [1.54, 1.807) is 0 Å². The summed E-state index contributed by atoms with van der Waals surface area (Å²) < 4.78 is 2.02. The fourth-order valence-corrected chi connectivity index (χ4v) is 2.78. The van der Waals surface area contributed by atoms with Gasteiger partial charge < -0.3 is 5.32 Å². The number of rotatable bonds is 6. The standard InChI is InChI=1S/C20H26N2O/c1-5-16-12-11-15(4)22(13-16)14-19(23)21-20-17(6-2)9-8-10-18(20)7-3/h8-13H,5-7,14H2,1-4H3/p+1. The van der Waals surface area contributed by atoms with Crippen LogP contribution in [0.15, 0.2) is 36.5 Å². The first-order valence-electron chi connectivity index (χ1n) is 8.48. The Hall–Kier alpha value is -2.16. The van der Waals surface area contributed by atoms with Crippen molar-refractivity contribution in [2.75, 3.05) is 5.32 Å². The normalized spacial score (nSPS) is 10.6. The van der Waals surface area contributed by atoms with Crippen LogP contribution in [0.25, 0.3) is 0 Å². The fourth-order valence-electron chi connectivity index (χ4n) is 2.78. The quantitative estimate of drug-likeness (QED) is 0.812. The van der Waals surface area contributed by atoms with Crippen molar-refractivity contribution in [3.63, 3.8) is 0 Å². The van der Waals surface area contributed by atoms with Gasteiger partial charge in [-0.1, -0.05) is 39.0 Å². The molecule has 2 aromatic rings. The molecular formula is C20H27N2O+. The first-order valence-corrected chi connectivity index (χ1v) is 8.48. The molecule has 23 heavy (non-hydrogen) atoms. The van der Waals surface area contributed by atoms with Crippen molar-refractivity contribution in [3.8, 4) is 0 Å². The molecule has 0 spiro atoms. The molecule has 0 aliphatic carbocycles. The number of hydrogen-bond donors (Lipinski definition) is 1. The van der Waals surface area contributed by atoms with Crippen molar-refractivity contribution in [2.45, 2.75) is 53.5 Å². The third-order valence-corrected chi connectivity index (χ3v) is 4.30. The molecule has 0 saturated heterocycles. The molecular weight excluding hydrogens is 284 g/mol. The van der Waals surface area contributed by atoms with Crippen LogP contribution in [0.2, 0.25) is 0 Å². The fraction of sp³-hybridized carbons (Fsp3) is 0.400. The molecule has 0 bridgehead atoms. The monoisotopic (exact) mass is 311 g/mol. The summed E-state index contributed by atoms with van der Waals surface area (Å²) in [5.74, 6) is 0.0296. The van der Waals surface area contributed by atoms with Gasteiger partial charge in [-0.15, -0.1) is 0 Å². The number of amides is 1. The first kappa shape index (κ1) is 17.2. The van der Waals surface area contributed by atoms with E-state index < -0.39 is 0 Å². The van der Waals surface area contributed by atoms with E-state index >= 15 is 0 Å². The molecule has 0 saturated carbocycles. The van der Waals surface area contributed by atoms with Crippen molar-refractivity contribution >= 4 is 11.6 Å². The molecule has 1 N–H and O–H groups in total. The molecule has 3 heteroatoms. The lowest BCUT2D eigenvalue weighted by atomic mass is 10.0. The largest absolute Gasteiger partial charge is 0.320 e. The number of aryl methyl sites for hydroxylation is 4. The van der Waals surface area contributed by atoms with Crippen LogP contribution in [0.1, 0.15) is 43.2 Å². The van der Waals surface area contributed by atoms with Gasteiger partial charge in [-0.2, -0.15) is 4.57 Å². The van der Waals surface area contributed by atoms with Crippen molar-refractivity contribution in [2.24, 2.45) is 0 Å². The van der Waals surface area contributed by atoms with Crippen LogP contribution in [0.3, 0.4) is 0 Å². The van der Waals surface area contributed by atoms with E-state index in [0.29, 0.717) is 6.54 Å². The van der Waals surface area contributed by atoms with Gasteiger partial charge in [-0.05, 0) is 36.5 Å². The van der Waals surface area contributed by atoms with Gasteiger partial charge >= 0.3 is 0 Å². The second-order valence-corrected chi connectivity index (χ2v) is 5.87. The van der Waals surface area contributed by atoms with Gasteiger partial charge in [0.1, 0.15) is 0 Å². The molecule has 2 rings (SSSR count). The minimum atomic E-state index is 0.0296. The highest BCUT2D eigenvalue weighted by Gasteiger charge is 2.16. The zero-order chi connectivity index (χ0) is 16.8. The molecule has 0 radical (unpaired) electrons. The highest BCUT2D eigenvalue weighted by Crippen LogP contribution is 2.22. The van der Waals surface area contributed by atoms with Crippen LogP contribution in [-0.2, 0) is 30.6 Å². The maximum absolute atomic E-state index is 12.5. The summed E-state index contributed by atoms with van der Waals surface area (Å²) in [6.07, 6.45) is 4.88. The van der Waals surface area contributed by atoms with E-state index in [2.05, 4.69) is 62.6 Å². The number of pyridine rings is 1. The number of nitrogens with zero attached hydrogens (tertiary/aromatic N) is 1. The Morgan fingerprint density at radius 2 is 1.65 bits per heavy atom. The van der Waals surface area contributed by atoms with Crippen LogP contribution < -0.4 is 9.88 Å². The summed E-state index contributed by atoms with van der Waals surface area (Å²) in [6, 6.07) is 10.4. The average molecular weight is 311 g/mol. The van der Waals surface area contributed by atoms with Gasteiger partial charge in [0.15, 0.2) is 11.9 Å². The lowest BCUT2D eigenvalue weighted by Crippen LogP contribution is -2.43. The molecule has 0 atom stereocenters. The second-order valence-electron chi connectivity index (χ2n) is 5.87. The van der Waals surface area contributed by atoms with Gasteiger partial charge in [0, 0.05) is 24.2 Å². The van der Waals surface area contributed by atoms with Crippen LogP contribution in [-0.4, -0.2) is 5.91 Å². The van der Waals surface area contributed by atoms with Crippen molar-refractivity contribution in [1.29, 1.82) is 0 Å². The van der Waals surface area contributed by atoms with Crippen LogP contribution in [0.5, 0.6) is 0 Å². The average Bonchev–Trinajstić information content (AvgIpc) is 2.57. The molecule has 0 fully saturated rings. The van der Waals surface area contributed by atoms with Gasteiger partial charge in [0.2, 0.25) is 6.54 Å². The Morgan fingerprint density at radius 3 is 2.22 bits per heavy atom. The predicted octanol–water partition coefficient (Wildman–Crippen LogP) is 3.61. The zero-order valence-corrected chi connectivity index (χ0v) is 14.6. The van der Waals surface area contributed by atoms with Gasteiger partial charge in [-0.3, -0.25) is 4.79 Å². The van der Waals surface area contributed by atoms with Gasteiger partial charge in [0.25, 0.3) is 5.91 Å². The summed E-state index contributed by atoms with van der Waals surface area (Å²) in [4.78, 5) is 12.5. The summed E-state index contributed by atoms with van der Waals surface area (Å²) in [7, 11) is 0. The van der Waals surface area contributed by atoms with Crippen LogP contribution >= 0.6 is 0 Å². The van der Waals surface area contributed by atoms with Crippen molar-refractivity contribution in [1.82, 2.24) is 0 Å². The molecule has 1 heterocycles. The summed E-state index contributed by atoms with van der Waals surface area (Å²) in [5.41, 5.74) is 5.72. The van der Waals surface area contributed by atoms with E-state index in [1.165, 1.54) is 16.7 Å². The van der Waals surface area contributed by atoms with E-state index in [0.717, 1.165) is 30.6 Å². The molecule has 3 nitrogen and oxygen atoms in total. The van der Waals surface area contributed by atoms with Gasteiger partial charge in [-0.25, -0.2) is 0 Å². The molecule has 1 aromatic heterocycles. The highest BCUT2D eigenvalue weighted by molar-refractivity contribution is 5.91. The maximum atomic E-state index is 12.5. The predicted molar refractivity (Wildman–Crippen MR) is 94.6 cm³/mol. The van der Waals surface area contributed by atoms with Gasteiger partial charge in [0.05, 0.1) is 0 Å². The third kappa shape index (κ3) is 4.19. The maximum Gasteiger partial charge on any atom is 0.290 e. The van der Waals surface area contributed by atoms with E-state index in [4.69, 9.17) is 0 Å². The zero-order valence-electron chi connectivity index (χ0n) is 14.6. The lowest BCUT2D eigenvalue weighted by molar-refractivity contribution is -0.690. The summed E-state index contributed by atoms with van der Waals surface area (Å²) in [6.45, 7) is 8.74. The number of carbonyl (C=O) groups is 1. The number of hydrogen-bond acceptors (Lipinski definition) is 1. The molecule has 0 aliphatic heterocycles. The third-order valence-electron chi connectivity index (χ3n) is 4.30. The molecule has 1 aromatic carbocycles. The minimum Gasteiger partial charge on any atom is -0.320 e. The Balaban J connectivity index is 2.20. The lowest BCUT2D eigenvalue weighted by Gasteiger charge is -2.13. The van der Waals surface area contributed by atoms with E-state index in [-0.39, 0.29) is 5.91 Å². The molecule has 122 valence electrons. The number of benzene rings is 1. The SMILES string of the molecule is CCc1ccc(C)[n+](CC(=O)Nc2c(CC)cccc2CC)c1. The topological polar surface area (TPSA) is 33.0 Å². The summed E-state index contributed by atoms with van der Waals surface area (Å²) >= 11 is 0. The van der Waals surface area contributed by atoms with E-state index in [1.807, 2.05) is 11.5 Å².